The van der Waals surface area contributed by atoms with Crippen LogP contribution in [0.2, 0.25) is 0 Å². The van der Waals surface area contributed by atoms with Crippen molar-refractivity contribution in [3.63, 3.8) is 0 Å². The largest absolute Gasteiger partial charge is 0.444 e. The predicted octanol–water partition coefficient (Wildman–Crippen LogP) is 3.83. The number of nitrogens with one attached hydrogen (secondary N) is 2. The maximum Gasteiger partial charge on any atom is 0.226 e. The maximum atomic E-state index is 5.65. The highest BCUT2D eigenvalue weighted by Crippen LogP contribution is 2.28. The van der Waals surface area contributed by atoms with E-state index in [1.54, 1.807) is 6.26 Å². The smallest absolute Gasteiger partial charge is 0.226 e. The van der Waals surface area contributed by atoms with E-state index in [9.17, 15) is 0 Å². The monoisotopic (exact) mass is 484 g/mol. The quantitative estimate of drug-likeness (QED) is 0.232. The van der Waals surface area contributed by atoms with Crippen LogP contribution >= 0.6 is 24.0 Å². The van der Waals surface area contributed by atoms with E-state index in [1.165, 1.54) is 12.8 Å². The van der Waals surface area contributed by atoms with Gasteiger partial charge in [0, 0.05) is 31.9 Å². The molecule has 7 heteroatoms. The molecule has 0 bridgehead atoms. The summed E-state index contributed by atoms with van der Waals surface area (Å²) in [5.41, 5.74) is 1.78. The zero-order chi connectivity index (χ0) is 18.0. The van der Waals surface area contributed by atoms with Crippen molar-refractivity contribution < 1.29 is 9.15 Å². The summed E-state index contributed by atoms with van der Waals surface area (Å²) in [6, 6.07) is 9.88. The second-order valence-electron chi connectivity index (χ2n) is 6.50. The molecule has 0 radical (unpaired) electrons. The number of rotatable bonds is 10. The SMILES string of the molecule is CCNC(=NCc1coc(-c2ccccc2)n1)NCCCOCC1CC1.I. The highest BCUT2D eigenvalue weighted by Gasteiger charge is 2.20. The van der Waals surface area contributed by atoms with Crippen LogP contribution in [0.4, 0.5) is 0 Å². The van der Waals surface area contributed by atoms with Gasteiger partial charge in [-0.15, -0.1) is 24.0 Å². The fourth-order valence-electron chi connectivity index (χ4n) is 2.51. The molecule has 2 N–H and O–H groups in total. The fraction of sp³-hybridized carbons (Fsp3) is 0.500. The summed E-state index contributed by atoms with van der Waals surface area (Å²) in [6.07, 6.45) is 5.31. The third kappa shape index (κ3) is 7.88. The molecule has 1 heterocycles. The Morgan fingerprint density at radius 3 is 2.81 bits per heavy atom. The van der Waals surface area contributed by atoms with E-state index in [-0.39, 0.29) is 24.0 Å². The minimum absolute atomic E-state index is 0. The minimum Gasteiger partial charge on any atom is -0.444 e. The molecule has 1 saturated carbocycles. The van der Waals surface area contributed by atoms with Crippen molar-refractivity contribution in [1.29, 1.82) is 0 Å². The Bertz CT molecular complexity index is 686. The third-order valence-electron chi connectivity index (χ3n) is 4.12. The summed E-state index contributed by atoms with van der Waals surface area (Å²) in [7, 11) is 0. The number of guanidine groups is 1. The van der Waals surface area contributed by atoms with E-state index in [1.807, 2.05) is 30.3 Å². The first-order valence-corrected chi connectivity index (χ1v) is 9.45. The summed E-state index contributed by atoms with van der Waals surface area (Å²) >= 11 is 0. The average Bonchev–Trinajstić information content (AvgIpc) is 3.38. The van der Waals surface area contributed by atoms with Crippen molar-refractivity contribution in [2.24, 2.45) is 10.9 Å². The average molecular weight is 484 g/mol. The molecule has 3 rings (SSSR count). The molecule has 1 aliphatic rings. The van der Waals surface area contributed by atoms with Gasteiger partial charge in [0.1, 0.15) is 12.0 Å². The van der Waals surface area contributed by atoms with Crippen LogP contribution < -0.4 is 10.6 Å². The number of ether oxygens (including phenoxy) is 1. The molecule has 2 aromatic rings. The van der Waals surface area contributed by atoms with Gasteiger partial charge in [-0.1, -0.05) is 18.2 Å². The Morgan fingerprint density at radius 2 is 2.07 bits per heavy atom. The van der Waals surface area contributed by atoms with Crippen LogP contribution in [-0.4, -0.2) is 37.2 Å². The van der Waals surface area contributed by atoms with Crippen molar-refractivity contribution in [2.45, 2.75) is 32.7 Å². The molecular formula is C20H29IN4O2. The molecule has 0 atom stereocenters. The van der Waals surface area contributed by atoms with Crippen LogP contribution in [0.3, 0.4) is 0 Å². The minimum atomic E-state index is 0. The molecule has 0 amide bonds. The lowest BCUT2D eigenvalue weighted by Gasteiger charge is -2.11. The lowest BCUT2D eigenvalue weighted by Crippen LogP contribution is -2.38. The van der Waals surface area contributed by atoms with E-state index in [4.69, 9.17) is 9.15 Å². The van der Waals surface area contributed by atoms with E-state index < -0.39 is 0 Å². The molecule has 1 aromatic heterocycles. The van der Waals surface area contributed by atoms with Gasteiger partial charge in [0.15, 0.2) is 5.96 Å². The van der Waals surface area contributed by atoms with E-state index in [0.29, 0.717) is 12.4 Å². The highest BCUT2D eigenvalue weighted by atomic mass is 127. The normalized spacial score (nSPS) is 13.9. The lowest BCUT2D eigenvalue weighted by molar-refractivity contribution is 0.123. The number of aliphatic imine (C=N–C) groups is 1. The topological polar surface area (TPSA) is 71.7 Å². The second kappa shape index (κ2) is 12.0. The lowest BCUT2D eigenvalue weighted by atomic mass is 10.2. The van der Waals surface area contributed by atoms with Crippen molar-refractivity contribution in [3.05, 3.63) is 42.3 Å². The van der Waals surface area contributed by atoms with Gasteiger partial charge in [-0.2, -0.15) is 0 Å². The molecule has 1 fully saturated rings. The number of nitrogens with zero attached hydrogens (tertiary/aromatic N) is 2. The first-order chi connectivity index (χ1) is 12.8. The number of aromatic nitrogens is 1. The summed E-state index contributed by atoms with van der Waals surface area (Å²) < 4.78 is 11.2. The van der Waals surface area contributed by atoms with Crippen molar-refractivity contribution in [1.82, 2.24) is 15.6 Å². The summed E-state index contributed by atoms with van der Waals surface area (Å²) in [5.74, 6) is 2.24. The molecular weight excluding hydrogens is 455 g/mol. The molecule has 0 unspecified atom stereocenters. The Balaban J connectivity index is 0.00000261. The number of hydrogen-bond donors (Lipinski definition) is 2. The molecule has 6 nitrogen and oxygen atoms in total. The van der Waals surface area contributed by atoms with Gasteiger partial charge in [0.25, 0.3) is 0 Å². The van der Waals surface area contributed by atoms with Crippen molar-refractivity contribution in [2.75, 3.05) is 26.3 Å². The number of hydrogen-bond acceptors (Lipinski definition) is 4. The molecule has 0 saturated heterocycles. The van der Waals surface area contributed by atoms with E-state index in [2.05, 4.69) is 27.5 Å². The Kier molecular flexibility index (Phi) is 9.61. The van der Waals surface area contributed by atoms with Gasteiger partial charge in [-0.05, 0) is 44.2 Å². The first kappa shape index (κ1) is 21.7. The van der Waals surface area contributed by atoms with Crippen LogP contribution in [0, 0.1) is 5.92 Å². The van der Waals surface area contributed by atoms with E-state index in [0.717, 1.165) is 55.9 Å². The first-order valence-electron chi connectivity index (χ1n) is 9.45. The Hall–Kier alpha value is -1.61. The summed E-state index contributed by atoms with van der Waals surface area (Å²) in [4.78, 5) is 9.08. The predicted molar refractivity (Wildman–Crippen MR) is 118 cm³/mol. The Morgan fingerprint density at radius 1 is 1.26 bits per heavy atom. The fourth-order valence-corrected chi connectivity index (χ4v) is 2.51. The molecule has 148 valence electrons. The zero-order valence-corrected chi connectivity index (χ0v) is 18.1. The van der Waals surface area contributed by atoms with Crippen molar-refractivity contribution in [3.8, 4) is 11.5 Å². The highest BCUT2D eigenvalue weighted by molar-refractivity contribution is 14.0. The van der Waals surface area contributed by atoms with Crippen LogP contribution in [0.15, 0.2) is 46.0 Å². The maximum absolute atomic E-state index is 5.65. The zero-order valence-electron chi connectivity index (χ0n) is 15.8. The van der Waals surface area contributed by atoms with Gasteiger partial charge in [-0.25, -0.2) is 9.98 Å². The number of oxazole rings is 1. The van der Waals surface area contributed by atoms with Gasteiger partial charge < -0.3 is 19.8 Å². The van der Waals surface area contributed by atoms with Crippen LogP contribution in [-0.2, 0) is 11.3 Å². The van der Waals surface area contributed by atoms with Gasteiger partial charge in [0.2, 0.25) is 5.89 Å². The number of benzene rings is 1. The molecule has 1 aliphatic carbocycles. The molecule has 0 spiro atoms. The Labute approximate surface area is 178 Å². The summed E-state index contributed by atoms with van der Waals surface area (Å²) in [6.45, 7) is 5.91. The van der Waals surface area contributed by atoms with Gasteiger partial charge in [0.05, 0.1) is 6.54 Å². The molecule has 0 aliphatic heterocycles. The van der Waals surface area contributed by atoms with Crippen LogP contribution in [0.1, 0.15) is 31.9 Å². The van der Waals surface area contributed by atoms with Gasteiger partial charge in [-0.3, -0.25) is 0 Å². The summed E-state index contributed by atoms with van der Waals surface area (Å²) in [5, 5.41) is 6.58. The van der Waals surface area contributed by atoms with Gasteiger partial charge >= 0.3 is 0 Å². The number of halogens is 1. The molecule has 27 heavy (non-hydrogen) atoms. The van der Waals surface area contributed by atoms with Crippen LogP contribution in [0.25, 0.3) is 11.5 Å². The second-order valence-corrected chi connectivity index (χ2v) is 6.50. The standard InChI is InChI=1S/C20H28N4O2.HI/c1-2-21-20(22-11-6-12-25-14-16-9-10-16)23-13-18-15-26-19(24-18)17-7-4-3-5-8-17;/h3-5,7-8,15-16H,2,6,9-14H2,1H3,(H2,21,22,23);1H. The van der Waals surface area contributed by atoms with E-state index >= 15 is 0 Å². The van der Waals surface area contributed by atoms with Crippen LogP contribution in [0.5, 0.6) is 0 Å². The third-order valence-corrected chi connectivity index (χ3v) is 4.12. The molecule has 1 aromatic carbocycles. The van der Waals surface area contributed by atoms with Crippen molar-refractivity contribution >= 4 is 29.9 Å².